The Balaban J connectivity index is 1.67. The number of amides is 2. The maximum absolute atomic E-state index is 13.5. The van der Waals surface area contributed by atoms with Crippen LogP contribution in [0.2, 0.25) is 0 Å². The zero-order valence-corrected chi connectivity index (χ0v) is 13.6. The van der Waals surface area contributed by atoms with Gasteiger partial charge in [-0.1, -0.05) is 12.1 Å². The standard InChI is InChI=1S/C18H17FN2O4/c1-21-14-10-12(6-7-16(14)24-9-8-18(21)23)20-17(22)11-25-15-5-3-2-4-13(15)19/h2-7,10H,8-9,11H2,1H3,(H,20,22). The van der Waals surface area contributed by atoms with Gasteiger partial charge in [0.2, 0.25) is 5.91 Å². The van der Waals surface area contributed by atoms with Crippen LogP contribution >= 0.6 is 0 Å². The van der Waals surface area contributed by atoms with E-state index in [2.05, 4.69) is 5.32 Å². The van der Waals surface area contributed by atoms with Crippen LogP contribution in [0.5, 0.6) is 11.5 Å². The number of ether oxygens (including phenoxy) is 2. The van der Waals surface area contributed by atoms with E-state index in [1.54, 1.807) is 31.3 Å². The van der Waals surface area contributed by atoms with Crippen LogP contribution in [-0.2, 0) is 9.59 Å². The maximum atomic E-state index is 13.5. The number of hydrogen-bond donors (Lipinski definition) is 1. The molecular formula is C18H17FN2O4. The summed E-state index contributed by atoms with van der Waals surface area (Å²) in [5, 5.41) is 2.66. The van der Waals surface area contributed by atoms with Gasteiger partial charge in [-0.2, -0.15) is 0 Å². The van der Waals surface area contributed by atoms with Crippen LogP contribution in [0.25, 0.3) is 0 Å². The molecule has 0 radical (unpaired) electrons. The van der Waals surface area contributed by atoms with Crippen molar-refractivity contribution in [2.45, 2.75) is 6.42 Å². The fourth-order valence-electron chi connectivity index (χ4n) is 2.43. The molecule has 0 aromatic heterocycles. The summed E-state index contributed by atoms with van der Waals surface area (Å²) in [6.07, 6.45) is 0.295. The second kappa shape index (κ2) is 7.21. The van der Waals surface area contributed by atoms with Crippen LogP contribution < -0.4 is 19.7 Å². The van der Waals surface area contributed by atoms with Crippen molar-refractivity contribution >= 4 is 23.2 Å². The summed E-state index contributed by atoms with van der Waals surface area (Å²) >= 11 is 0. The van der Waals surface area contributed by atoms with Gasteiger partial charge in [0.15, 0.2) is 18.2 Å². The molecule has 0 unspecified atom stereocenters. The van der Waals surface area contributed by atoms with Gasteiger partial charge in [0, 0.05) is 12.7 Å². The van der Waals surface area contributed by atoms with Gasteiger partial charge < -0.3 is 19.7 Å². The number of carbonyl (C=O) groups excluding carboxylic acids is 2. The summed E-state index contributed by atoms with van der Waals surface area (Å²) in [6, 6.07) is 10.9. The zero-order chi connectivity index (χ0) is 17.8. The molecule has 130 valence electrons. The molecule has 6 nitrogen and oxygen atoms in total. The Kier molecular flexibility index (Phi) is 4.83. The molecule has 0 saturated carbocycles. The number of nitrogens with zero attached hydrogens (tertiary/aromatic N) is 1. The van der Waals surface area contributed by atoms with E-state index in [0.29, 0.717) is 30.2 Å². The Morgan fingerprint density at radius 3 is 2.92 bits per heavy atom. The summed E-state index contributed by atoms with van der Waals surface area (Å²) in [7, 11) is 1.66. The van der Waals surface area contributed by atoms with Gasteiger partial charge in [-0.15, -0.1) is 0 Å². The van der Waals surface area contributed by atoms with E-state index in [0.717, 1.165) is 0 Å². The molecule has 1 N–H and O–H groups in total. The van der Waals surface area contributed by atoms with Crippen LogP contribution in [0.1, 0.15) is 6.42 Å². The van der Waals surface area contributed by atoms with Gasteiger partial charge in [-0.3, -0.25) is 9.59 Å². The number of fused-ring (bicyclic) bond motifs is 1. The highest BCUT2D eigenvalue weighted by atomic mass is 19.1. The van der Waals surface area contributed by atoms with Crippen LogP contribution in [0, 0.1) is 5.82 Å². The Labute approximate surface area is 144 Å². The summed E-state index contributed by atoms with van der Waals surface area (Å²) < 4.78 is 24.2. The third kappa shape index (κ3) is 3.88. The summed E-state index contributed by atoms with van der Waals surface area (Å²) in [5.74, 6) is -0.443. The number of carbonyl (C=O) groups is 2. The number of hydrogen-bond acceptors (Lipinski definition) is 4. The van der Waals surface area contributed by atoms with Crippen LogP contribution in [-0.4, -0.2) is 32.1 Å². The van der Waals surface area contributed by atoms with E-state index in [1.807, 2.05) is 0 Å². The van der Waals surface area contributed by atoms with Crippen molar-refractivity contribution in [3.05, 3.63) is 48.3 Å². The van der Waals surface area contributed by atoms with Crippen molar-refractivity contribution < 1.29 is 23.5 Å². The molecule has 7 heteroatoms. The number of halogens is 1. The topological polar surface area (TPSA) is 67.9 Å². The molecule has 1 aliphatic heterocycles. The van der Waals surface area contributed by atoms with E-state index in [9.17, 15) is 14.0 Å². The third-order valence-corrected chi connectivity index (χ3v) is 3.75. The highest BCUT2D eigenvalue weighted by molar-refractivity contribution is 5.97. The molecule has 0 fully saturated rings. The van der Waals surface area contributed by atoms with Gasteiger partial charge in [0.05, 0.1) is 18.7 Å². The van der Waals surface area contributed by atoms with Gasteiger partial charge >= 0.3 is 0 Å². The van der Waals surface area contributed by atoms with Crippen molar-refractivity contribution in [2.75, 3.05) is 30.5 Å². The Morgan fingerprint density at radius 2 is 2.12 bits per heavy atom. The SMILES string of the molecule is CN1C(=O)CCOc2ccc(NC(=O)COc3ccccc3F)cc21. The Bertz CT molecular complexity index is 809. The minimum atomic E-state index is -0.530. The van der Waals surface area contributed by atoms with Crippen molar-refractivity contribution in [2.24, 2.45) is 0 Å². The van der Waals surface area contributed by atoms with Gasteiger partial charge in [0.1, 0.15) is 5.75 Å². The fourth-order valence-corrected chi connectivity index (χ4v) is 2.43. The lowest BCUT2D eigenvalue weighted by atomic mass is 10.2. The van der Waals surface area contributed by atoms with Crippen molar-refractivity contribution in [1.82, 2.24) is 0 Å². The molecule has 2 aromatic rings. The van der Waals surface area contributed by atoms with Gasteiger partial charge in [-0.05, 0) is 30.3 Å². The predicted molar refractivity (Wildman–Crippen MR) is 90.5 cm³/mol. The Morgan fingerprint density at radius 1 is 1.32 bits per heavy atom. The highest BCUT2D eigenvalue weighted by Gasteiger charge is 2.20. The number of anilines is 2. The fraction of sp³-hybridized carbons (Fsp3) is 0.222. The smallest absolute Gasteiger partial charge is 0.262 e. The minimum absolute atomic E-state index is 0.0123. The van der Waals surface area contributed by atoms with E-state index < -0.39 is 11.7 Å². The second-order valence-corrected chi connectivity index (χ2v) is 5.50. The van der Waals surface area contributed by atoms with E-state index in [-0.39, 0.29) is 18.3 Å². The number of para-hydroxylation sites is 1. The highest BCUT2D eigenvalue weighted by Crippen LogP contribution is 2.33. The molecule has 25 heavy (non-hydrogen) atoms. The van der Waals surface area contributed by atoms with Crippen molar-refractivity contribution in [1.29, 1.82) is 0 Å². The normalized spacial score (nSPS) is 13.5. The molecule has 0 saturated heterocycles. The second-order valence-electron chi connectivity index (χ2n) is 5.50. The summed E-state index contributed by atoms with van der Waals surface area (Å²) in [6.45, 7) is -0.0123. The van der Waals surface area contributed by atoms with Crippen LogP contribution in [0.4, 0.5) is 15.8 Å². The lowest BCUT2D eigenvalue weighted by Crippen LogP contribution is -2.25. The largest absolute Gasteiger partial charge is 0.491 e. The summed E-state index contributed by atoms with van der Waals surface area (Å²) in [4.78, 5) is 25.4. The third-order valence-electron chi connectivity index (χ3n) is 3.75. The molecule has 2 amide bonds. The lowest BCUT2D eigenvalue weighted by Gasteiger charge is -2.17. The molecular weight excluding hydrogens is 327 g/mol. The monoisotopic (exact) mass is 344 g/mol. The Hall–Kier alpha value is -3.09. The first kappa shape index (κ1) is 16.8. The van der Waals surface area contributed by atoms with Gasteiger partial charge in [-0.25, -0.2) is 4.39 Å². The maximum Gasteiger partial charge on any atom is 0.262 e. The molecule has 2 aromatic carbocycles. The number of benzene rings is 2. The van der Waals surface area contributed by atoms with E-state index in [1.165, 1.54) is 23.1 Å². The average Bonchev–Trinajstić information content (AvgIpc) is 2.74. The molecule has 0 bridgehead atoms. The van der Waals surface area contributed by atoms with Crippen molar-refractivity contribution in [3.63, 3.8) is 0 Å². The van der Waals surface area contributed by atoms with Gasteiger partial charge in [0.25, 0.3) is 5.91 Å². The van der Waals surface area contributed by atoms with Crippen LogP contribution in [0.15, 0.2) is 42.5 Å². The number of rotatable bonds is 4. The van der Waals surface area contributed by atoms with Crippen molar-refractivity contribution in [3.8, 4) is 11.5 Å². The van der Waals surface area contributed by atoms with E-state index in [4.69, 9.17) is 9.47 Å². The number of nitrogens with one attached hydrogen (secondary N) is 1. The van der Waals surface area contributed by atoms with E-state index >= 15 is 0 Å². The molecule has 0 spiro atoms. The minimum Gasteiger partial charge on any atom is -0.491 e. The average molecular weight is 344 g/mol. The molecule has 0 aliphatic carbocycles. The first-order valence-electron chi connectivity index (χ1n) is 7.75. The van der Waals surface area contributed by atoms with Crippen LogP contribution in [0.3, 0.4) is 0 Å². The quantitative estimate of drug-likeness (QED) is 0.926. The lowest BCUT2D eigenvalue weighted by molar-refractivity contribution is -0.119. The zero-order valence-electron chi connectivity index (χ0n) is 13.6. The summed E-state index contributed by atoms with van der Waals surface area (Å²) in [5.41, 5.74) is 1.07. The molecule has 0 atom stereocenters. The first-order chi connectivity index (χ1) is 12.0. The first-order valence-corrected chi connectivity index (χ1v) is 7.75. The molecule has 3 rings (SSSR count). The predicted octanol–water partition coefficient (Wildman–Crippen LogP) is 2.59. The molecule has 1 aliphatic rings. The molecule has 1 heterocycles.